The quantitative estimate of drug-likeness (QED) is 0.823. The van der Waals surface area contributed by atoms with Gasteiger partial charge in [-0.1, -0.05) is 34.1 Å². The van der Waals surface area contributed by atoms with Gasteiger partial charge in [-0.3, -0.25) is 0 Å². The van der Waals surface area contributed by atoms with E-state index in [1.807, 2.05) is 0 Å². The Hall–Kier alpha value is -1.22. The molecule has 4 aliphatic rings. The monoisotopic (exact) mass is 330 g/mol. The molecule has 24 heavy (non-hydrogen) atoms. The van der Waals surface area contributed by atoms with Gasteiger partial charge in [0, 0.05) is 16.5 Å². The molecule has 0 aromatic heterocycles. The Labute approximate surface area is 145 Å². The Kier molecular flexibility index (Phi) is 3.48. The maximum atomic E-state index is 11.2. The number of hydrogen-bond donors (Lipinski definition) is 1. The van der Waals surface area contributed by atoms with E-state index in [4.69, 9.17) is 9.47 Å². The van der Waals surface area contributed by atoms with Crippen molar-refractivity contribution in [3.63, 3.8) is 0 Å². The molecule has 1 N–H and O–H groups in total. The minimum absolute atomic E-state index is 0.0430. The van der Waals surface area contributed by atoms with Crippen LogP contribution in [0.1, 0.15) is 82.1 Å². The maximum Gasteiger partial charge on any atom is 0.164 e. The van der Waals surface area contributed by atoms with Gasteiger partial charge in [-0.05, 0) is 48.1 Å². The summed E-state index contributed by atoms with van der Waals surface area (Å²) < 4.78 is 11.9. The molecule has 2 aliphatic heterocycles. The van der Waals surface area contributed by atoms with Crippen molar-refractivity contribution in [1.29, 1.82) is 0 Å². The van der Waals surface area contributed by atoms with Crippen molar-refractivity contribution in [3.05, 3.63) is 22.8 Å². The summed E-state index contributed by atoms with van der Waals surface area (Å²) >= 11 is 0. The first-order valence-electron chi connectivity index (χ1n) is 9.37. The molecule has 3 nitrogen and oxygen atoms in total. The van der Waals surface area contributed by atoms with Gasteiger partial charge in [0.1, 0.15) is 0 Å². The number of phenols is 1. The number of aromatic hydroxyl groups is 1. The zero-order valence-corrected chi connectivity index (χ0v) is 15.6. The fourth-order valence-electron chi connectivity index (χ4n) is 5.91. The van der Waals surface area contributed by atoms with E-state index in [0.717, 1.165) is 30.6 Å². The molecule has 2 aliphatic carbocycles. The molecule has 1 spiro atoms. The molecule has 3 unspecified atom stereocenters. The molecule has 0 amide bonds. The molecule has 1 saturated heterocycles. The van der Waals surface area contributed by atoms with Gasteiger partial charge in [0.2, 0.25) is 0 Å². The fourth-order valence-corrected chi connectivity index (χ4v) is 5.91. The van der Waals surface area contributed by atoms with E-state index >= 15 is 0 Å². The minimum atomic E-state index is -0.0430. The summed E-state index contributed by atoms with van der Waals surface area (Å²) in [6.45, 7) is 9.84. The molecule has 1 saturated carbocycles. The van der Waals surface area contributed by atoms with E-state index in [-0.39, 0.29) is 11.5 Å². The summed E-state index contributed by atoms with van der Waals surface area (Å²) in [6, 6.07) is 2.25. The Morgan fingerprint density at radius 1 is 1.29 bits per heavy atom. The first kappa shape index (κ1) is 16.3. The Bertz CT molecular complexity index is 676. The van der Waals surface area contributed by atoms with E-state index in [1.165, 1.54) is 18.4 Å². The molecule has 2 fully saturated rings. The van der Waals surface area contributed by atoms with E-state index in [9.17, 15) is 5.11 Å². The third-order valence-electron chi connectivity index (χ3n) is 7.03. The van der Waals surface area contributed by atoms with Crippen LogP contribution in [-0.4, -0.2) is 18.8 Å². The standard InChI is InChI=1S/C21H30O3/c1-12(2)13-9-14-15-10-16-20(3,4)7-6-8-21(16,11-24-15)17(14)18(22)19(13)23-5/h9,12,15-16,22H,6-8,10-11H2,1-5H3. The third-order valence-corrected chi connectivity index (χ3v) is 7.03. The summed E-state index contributed by atoms with van der Waals surface area (Å²) in [5, 5.41) is 11.2. The van der Waals surface area contributed by atoms with Crippen LogP contribution >= 0.6 is 0 Å². The van der Waals surface area contributed by atoms with Gasteiger partial charge in [0.25, 0.3) is 0 Å². The summed E-state index contributed by atoms with van der Waals surface area (Å²) in [7, 11) is 1.67. The molecule has 2 bridgehead atoms. The molecule has 5 rings (SSSR count). The molecule has 3 atom stereocenters. The van der Waals surface area contributed by atoms with Crippen LogP contribution in [-0.2, 0) is 10.2 Å². The van der Waals surface area contributed by atoms with Crippen LogP contribution in [0.25, 0.3) is 0 Å². The number of benzene rings is 1. The maximum absolute atomic E-state index is 11.2. The largest absolute Gasteiger partial charge is 0.504 e. The van der Waals surface area contributed by atoms with Crippen LogP contribution in [0.2, 0.25) is 0 Å². The number of hydrogen-bond acceptors (Lipinski definition) is 3. The van der Waals surface area contributed by atoms with Crippen molar-refractivity contribution in [2.24, 2.45) is 11.3 Å². The Morgan fingerprint density at radius 3 is 2.71 bits per heavy atom. The molecule has 132 valence electrons. The normalized spacial score (nSPS) is 33.2. The lowest BCUT2D eigenvalue weighted by Crippen LogP contribution is -2.57. The van der Waals surface area contributed by atoms with Crippen LogP contribution in [0.5, 0.6) is 11.5 Å². The lowest BCUT2D eigenvalue weighted by molar-refractivity contribution is -0.137. The average molecular weight is 330 g/mol. The van der Waals surface area contributed by atoms with Crippen LogP contribution in [0.3, 0.4) is 0 Å². The van der Waals surface area contributed by atoms with Crippen molar-refractivity contribution in [3.8, 4) is 11.5 Å². The van der Waals surface area contributed by atoms with Crippen molar-refractivity contribution in [1.82, 2.24) is 0 Å². The third kappa shape index (κ3) is 1.94. The first-order chi connectivity index (χ1) is 11.3. The van der Waals surface area contributed by atoms with E-state index in [0.29, 0.717) is 28.7 Å². The van der Waals surface area contributed by atoms with E-state index in [2.05, 4.69) is 33.8 Å². The SMILES string of the molecule is COc1c(C(C)C)cc2c(c1O)C13CCCC(C)(C)C1CC2OC3. The minimum Gasteiger partial charge on any atom is -0.504 e. The van der Waals surface area contributed by atoms with Gasteiger partial charge in [-0.2, -0.15) is 0 Å². The van der Waals surface area contributed by atoms with E-state index < -0.39 is 0 Å². The molecule has 1 aromatic rings. The highest BCUT2D eigenvalue weighted by molar-refractivity contribution is 5.61. The van der Waals surface area contributed by atoms with Crippen LogP contribution in [0, 0.1) is 11.3 Å². The number of methoxy groups -OCH3 is 1. The topological polar surface area (TPSA) is 38.7 Å². The van der Waals surface area contributed by atoms with Crippen LogP contribution in [0.15, 0.2) is 6.07 Å². The van der Waals surface area contributed by atoms with Crippen LogP contribution < -0.4 is 4.74 Å². The average Bonchev–Trinajstić information content (AvgIpc) is 2.53. The molecular formula is C21H30O3. The number of ether oxygens (including phenoxy) is 2. The predicted molar refractivity (Wildman–Crippen MR) is 94.9 cm³/mol. The molecule has 1 aromatic carbocycles. The zero-order valence-electron chi connectivity index (χ0n) is 15.6. The molecule has 0 radical (unpaired) electrons. The Morgan fingerprint density at radius 2 is 2.04 bits per heavy atom. The summed E-state index contributed by atoms with van der Waals surface area (Å²) in [5.74, 6) is 1.94. The van der Waals surface area contributed by atoms with Crippen LogP contribution in [0.4, 0.5) is 0 Å². The second-order valence-corrected chi connectivity index (χ2v) is 9.05. The highest BCUT2D eigenvalue weighted by atomic mass is 16.5. The summed E-state index contributed by atoms with van der Waals surface area (Å²) in [5.41, 5.74) is 3.71. The number of phenolic OH excluding ortho intramolecular Hbond substituents is 1. The molecular weight excluding hydrogens is 300 g/mol. The second kappa shape index (κ2) is 5.14. The first-order valence-corrected chi connectivity index (χ1v) is 9.37. The predicted octanol–water partition coefficient (Wildman–Crippen LogP) is 5.06. The number of fused-ring (bicyclic) bond motifs is 1. The number of rotatable bonds is 2. The molecule has 3 heteroatoms. The molecule has 2 heterocycles. The van der Waals surface area contributed by atoms with Gasteiger partial charge in [-0.15, -0.1) is 0 Å². The van der Waals surface area contributed by atoms with Gasteiger partial charge < -0.3 is 14.6 Å². The van der Waals surface area contributed by atoms with Crippen molar-refractivity contribution < 1.29 is 14.6 Å². The fraction of sp³-hybridized carbons (Fsp3) is 0.714. The van der Waals surface area contributed by atoms with Crippen molar-refractivity contribution >= 4 is 0 Å². The van der Waals surface area contributed by atoms with Crippen molar-refractivity contribution in [2.75, 3.05) is 13.7 Å². The van der Waals surface area contributed by atoms with Crippen molar-refractivity contribution in [2.45, 2.75) is 70.8 Å². The smallest absolute Gasteiger partial charge is 0.164 e. The second-order valence-electron chi connectivity index (χ2n) is 9.05. The highest BCUT2D eigenvalue weighted by Gasteiger charge is 2.59. The lowest BCUT2D eigenvalue weighted by Gasteiger charge is -2.60. The Balaban J connectivity index is 1.98. The summed E-state index contributed by atoms with van der Waals surface area (Å²) in [4.78, 5) is 0. The lowest BCUT2D eigenvalue weighted by atomic mass is 9.48. The zero-order chi connectivity index (χ0) is 17.3. The van der Waals surface area contributed by atoms with Gasteiger partial charge in [-0.25, -0.2) is 0 Å². The highest BCUT2D eigenvalue weighted by Crippen LogP contribution is 2.66. The van der Waals surface area contributed by atoms with E-state index in [1.54, 1.807) is 7.11 Å². The van der Waals surface area contributed by atoms with Gasteiger partial charge >= 0.3 is 0 Å². The van der Waals surface area contributed by atoms with Gasteiger partial charge in [0.05, 0.1) is 19.8 Å². The summed E-state index contributed by atoms with van der Waals surface area (Å²) in [6.07, 6.45) is 4.79. The van der Waals surface area contributed by atoms with Gasteiger partial charge in [0.15, 0.2) is 11.5 Å².